The van der Waals surface area contributed by atoms with Gasteiger partial charge in [0.1, 0.15) is 0 Å². The Kier molecular flexibility index (Phi) is 3.63. The van der Waals surface area contributed by atoms with Crippen molar-refractivity contribution in [1.29, 1.82) is 0 Å². The van der Waals surface area contributed by atoms with Crippen LogP contribution in [-0.4, -0.2) is 18.1 Å². The summed E-state index contributed by atoms with van der Waals surface area (Å²) in [6, 6.07) is 2.92. The third-order valence-corrected chi connectivity index (χ3v) is 4.75. The van der Waals surface area contributed by atoms with Gasteiger partial charge >= 0.3 is 0 Å². The standard InChI is InChI=1S/C13H17N3S2/c1-16(7-10-4-5-17-8-10)13-15-12(9-18-13)6-14-11-2-3-11/h4-5,8-9,11,14H,2-3,6-7H2,1H3. The van der Waals surface area contributed by atoms with Crippen molar-refractivity contribution in [1.82, 2.24) is 10.3 Å². The average molecular weight is 279 g/mol. The average Bonchev–Trinajstić information content (AvgIpc) is 2.88. The van der Waals surface area contributed by atoms with Gasteiger partial charge in [0, 0.05) is 31.6 Å². The number of thiazole rings is 1. The Morgan fingerprint density at radius 3 is 3.06 bits per heavy atom. The van der Waals surface area contributed by atoms with Gasteiger partial charge in [-0.2, -0.15) is 11.3 Å². The van der Waals surface area contributed by atoms with E-state index in [1.807, 2.05) is 0 Å². The van der Waals surface area contributed by atoms with Crippen LogP contribution >= 0.6 is 22.7 Å². The molecule has 0 saturated heterocycles. The van der Waals surface area contributed by atoms with Gasteiger partial charge in [-0.05, 0) is 35.2 Å². The van der Waals surface area contributed by atoms with Gasteiger partial charge in [0.25, 0.3) is 0 Å². The molecule has 1 aliphatic carbocycles. The lowest BCUT2D eigenvalue weighted by Gasteiger charge is -2.14. The zero-order chi connectivity index (χ0) is 12.4. The van der Waals surface area contributed by atoms with Gasteiger partial charge in [-0.3, -0.25) is 0 Å². The van der Waals surface area contributed by atoms with E-state index >= 15 is 0 Å². The van der Waals surface area contributed by atoms with Gasteiger partial charge in [-0.15, -0.1) is 11.3 Å². The first-order chi connectivity index (χ1) is 8.81. The quantitative estimate of drug-likeness (QED) is 0.880. The molecule has 5 heteroatoms. The fourth-order valence-electron chi connectivity index (χ4n) is 1.81. The monoisotopic (exact) mass is 279 g/mol. The molecule has 96 valence electrons. The normalized spacial score (nSPS) is 14.9. The van der Waals surface area contributed by atoms with Crippen LogP contribution in [0, 0.1) is 0 Å². The zero-order valence-corrected chi connectivity index (χ0v) is 12.1. The van der Waals surface area contributed by atoms with Crippen LogP contribution in [0.25, 0.3) is 0 Å². The molecule has 1 saturated carbocycles. The molecule has 18 heavy (non-hydrogen) atoms. The molecule has 0 atom stereocenters. The number of rotatable bonds is 6. The van der Waals surface area contributed by atoms with Crippen LogP contribution in [0.2, 0.25) is 0 Å². The Hall–Kier alpha value is -0.910. The molecule has 0 unspecified atom stereocenters. The van der Waals surface area contributed by atoms with Crippen LogP contribution < -0.4 is 10.2 Å². The molecule has 0 aliphatic heterocycles. The van der Waals surface area contributed by atoms with Gasteiger partial charge in [-0.1, -0.05) is 0 Å². The molecule has 0 aromatic carbocycles. The molecular formula is C13H17N3S2. The molecule has 1 aliphatic rings. The highest BCUT2D eigenvalue weighted by atomic mass is 32.1. The van der Waals surface area contributed by atoms with Crippen molar-refractivity contribution in [3.8, 4) is 0 Å². The number of nitrogens with zero attached hydrogens (tertiary/aromatic N) is 2. The molecule has 2 heterocycles. The Morgan fingerprint density at radius 2 is 2.33 bits per heavy atom. The summed E-state index contributed by atoms with van der Waals surface area (Å²) in [7, 11) is 2.11. The molecule has 0 bridgehead atoms. The maximum atomic E-state index is 4.68. The second-order valence-electron chi connectivity index (χ2n) is 4.76. The van der Waals surface area contributed by atoms with Crippen molar-refractivity contribution in [3.63, 3.8) is 0 Å². The van der Waals surface area contributed by atoms with Crippen LogP contribution in [0.3, 0.4) is 0 Å². The van der Waals surface area contributed by atoms with Crippen molar-refractivity contribution in [3.05, 3.63) is 33.5 Å². The highest BCUT2D eigenvalue weighted by Crippen LogP contribution is 2.23. The minimum atomic E-state index is 0.749. The van der Waals surface area contributed by atoms with E-state index < -0.39 is 0 Å². The van der Waals surface area contributed by atoms with Crippen LogP contribution in [0.15, 0.2) is 22.2 Å². The maximum Gasteiger partial charge on any atom is 0.185 e. The van der Waals surface area contributed by atoms with Crippen molar-refractivity contribution >= 4 is 27.8 Å². The van der Waals surface area contributed by atoms with E-state index in [2.05, 4.69) is 44.5 Å². The van der Waals surface area contributed by atoms with Gasteiger partial charge in [-0.25, -0.2) is 4.98 Å². The number of hydrogen-bond acceptors (Lipinski definition) is 5. The van der Waals surface area contributed by atoms with Crippen LogP contribution in [-0.2, 0) is 13.1 Å². The topological polar surface area (TPSA) is 28.2 Å². The lowest BCUT2D eigenvalue weighted by Crippen LogP contribution is -2.17. The molecule has 3 rings (SSSR count). The largest absolute Gasteiger partial charge is 0.347 e. The first kappa shape index (κ1) is 12.1. The minimum absolute atomic E-state index is 0.749. The fraction of sp³-hybridized carbons (Fsp3) is 0.462. The summed E-state index contributed by atoms with van der Waals surface area (Å²) >= 11 is 3.48. The van der Waals surface area contributed by atoms with Gasteiger partial charge in [0.15, 0.2) is 5.13 Å². The molecule has 1 N–H and O–H groups in total. The predicted molar refractivity (Wildman–Crippen MR) is 78.4 cm³/mol. The summed E-state index contributed by atoms with van der Waals surface area (Å²) in [4.78, 5) is 6.89. The summed E-state index contributed by atoms with van der Waals surface area (Å²) in [6.07, 6.45) is 2.66. The first-order valence-corrected chi connectivity index (χ1v) is 8.03. The molecule has 3 nitrogen and oxygen atoms in total. The highest BCUT2D eigenvalue weighted by Gasteiger charge is 2.20. The molecular weight excluding hydrogens is 262 g/mol. The Bertz CT molecular complexity index is 488. The van der Waals surface area contributed by atoms with E-state index in [-0.39, 0.29) is 0 Å². The third kappa shape index (κ3) is 3.10. The van der Waals surface area contributed by atoms with E-state index in [0.29, 0.717) is 0 Å². The summed E-state index contributed by atoms with van der Waals surface area (Å²) in [6.45, 7) is 1.85. The highest BCUT2D eigenvalue weighted by molar-refractivity contribution is 7.13. The number of aromatic nitrogens is 1. The van der Waals surface area contributed by atoms with Crippen molar-refractivity contribution in [2.24, 2.45) is 0 Å². The number of anilines is 1. The first-order valence-electron chi connectivity index (χ1n) is 6.21. The molecule has 0 amide bonds. The smallest absolute Gasteiger partial charge is 0.185 e. The van der Waals surface area contributed by atoms with Gasteiger partial charge in [0.2, 0.25) is 0 Å². The lowest BCUT2D eigenvalue weighted by atomic mass is 10.3. The zero-order valence-electron chi connectivity index (χ0n) is 10.4. The van der Waals surface area contributed by atoms with E-state index in [4.69, 9.17) is 0 Å². The van der Waals surface area contributed by atoms with E-state index in [0.717, 1.165) is 24.3 Å². The van der Waals surface area contributed by atoms with Crippen LogP contribution in [0.4, 0.5) is 5.13 Å². The fourth-order valence-corrected chi connectivity index (χ4v) is 3.27. The molecule has 2 aromatic heterocycles. The van der Waals surface area contributed by atoms with E-state index in [1.165, 1.54) is 24.1 Å². The summed E-state index contributed by atoms with van der Waals surface area (Å²) < 4.78 is 0. The second-order valence-corrected chi connectivity index (χ2v) is 6.38. The summed E-state index contributed by atoms with van der Waals surface area (Å²) in [5, 5.41) is 11.1. The SMILES string of the molecule is CN(Cc1ccsc1)c1nc(CNC2CC2)cs1. The lowest BCUT2D eigenvalue weighted by molar-refractivity contribution is 0.676. The molecule has 0 radical (unpaired) electrons. The third-order valence-electron chi connectivity index (χ3n) is 3.02. The predicted octanol–water partition coefficient (Wildman–Crippen LogP) is 3.09. The van der Waals surface area contributed by atoms with Crippen LogP contribution in [0.5, 0.6) is 0 Å². The summed E-state index contributed by atoms with van der Waals surface area (Å²) in [5.74, 6) is 0. The molecule has 1 fully saturated rings. The summed E-state index contributed by atoms with van der Waals surface area (Å²) in [5.41, 5.74) is 2.52. The second kappa shape index (κ2) is 5.38. The number of nitrogens with one attached hydrogen (secondary N) is 1. The van der Waals surface area contributed by atoms with Gasteiger partial charge < -0.3 is 10.2 Å². The van der Waals surface area contributed by atoms with Crippen molar-refractivity contribution in [2.45, 2.75) is 32.0 Å². The van der Waals surface area contributed by atoms with Gasteiger partial charge in [0.05, 0.1) is 5.69 Å². The minimum Gasteiger partial charge on any atom is -0.347 e. The maximum absolute atomic E-state index is 4.68. The Balaban J connectivity index is 1.57. The van der Waals surface area contributed by atoms with Crippen LogP contribution in [0.1, 0.15) is 24.1 Å². The molecule has 0 spiro atoms. The number of hydrogen-bond donors (Lipinski definition) is 1. The number of thiophene rings is 1. The van der Waals surface area contributed by atoms with E-state index in [9.17, 15) is 0 Å². The van der Waals surface area contributed by atoms with Crippen molar-refractivity contribution in [2.75, 3.05) is 11.9 Å². The van der Waals surface area contributed by atoms with Crippen molar-refractivity contribution < 1.29 is 0 Å². The van der Waals surface area contributed by atoms with E-state index in [1.54, 1.807) is 22.7 Å². The Labute approximate surface area is 115 Å². The molecule has 2 aromatic rings. The Morgan fingerprint density at radius 1 is 1.44 bits per heavy atom.